The Morgan fingerprint density at radius 3 is 1.76 bits per heavy atom. The molecule has 7 aromatic carbocycles. The van der Waals surface area contributed by atoms with E-state index in [1.807, 2.05) is 36.4 Å². The molecular formula is C46H32N4. The van der Waals surface area contributed by atoms with Crippen LogP contribution in [0.4, 0.5) is 0 Å². The van der Waals surface area contributed by atoms with E-state index in [1.54, 1.807) is 0 Å². The van der Waals surface area contributed by atoms with Gasteiger partial charge in [0.05, 0.1) is 11.0 Å². The molecule has 2 aromatic heterocycles. The molecule has 0 radical (unpaired) electrons. The first kappa shape index (κ1) is 29.5. The van der Waals surface area contributed by atoms with Crippen molar-refractivity contribution in [2.75, 3.05) is 0 Å². The van der Waals surface area contributed by atoms with Gasteiger partial charge in [0.15, 0.2) is 17.5 Å². The van der Waals surface area contributed by atoms with Crippen molar-refractivity contribution < 1.29 is 0 Å². The van der Waals surface area contributed by atoms with Gasteiger partial charge in [0.2, 0.25) is 0 Å². The van der Waals surface area contributed by atoms with Crippen molar-refractivity contribution in [3.05, 3.63) is 176 Å². The zero-order valence-electron chi connectivity index (χ0n) is 27.6. The van der Waals surface area contributed by atoms with Gasteiger partial charge in [-0.3, -0.25) is 0 Å². The zero-order chi connectivity index (χ0) is 33.6. The molecule has 0 spiro atoms. The van der Waals surface area contributed by atoms with Crippen LogP contribution in [0.1, 0.15) is 12.7 Å². The van der Waals surface area contributed by atoms with Crippen LogP contribution in [0.5, 0.6) is 0 Å². The highest BCUT2D eigenvalue weighted by Crippen LogP contribution is 2.35. The van der Waals surface area contributed by atoms with E-state index in [-0.39, 0.29) is 0 Å². The van der Waals surface area contributed by atoms with Crippen LogP contribution in [0, 0.1) is 0 Å². The molecule has 0 saturated heterocycles. The highest BCUT2D eigenvalue weighted by Gasteiger charge is 2.15. The van der Waals surface area contributed by atoms with E-state index in [9.17, 15) is 0 Å². The first-order valence-electron chi connectivity index (χ1n) is 16.8. The average molecular weight is 641 g/mol. The summed E-state index contributed by atoms with van der Waals surface area (Å²) in [6.07, 6.45) is 6.00. The standard InChI is InChI=1S/C46H32N4/c1-3-31(22-21-30(2)50-42-19-11-9-17-39(42)40-18-10-12-20-43(40)50)44-47-45(34-14-5-4-6-15-34)49-46(48-44)35-24-23-33-26-27-37-36-16-8-7-13-32(36)25-28-38(37)41(33)29-35/h3-29H,1H2,2H3/b30-21+,31-22+. The molecule has 0 aliphatic carbocycles. The topological polar surface area (TPSA) is 43.6 Å². The Morgan fingerprint density at radius 1 is 0.500 bits per heavy atom. The van der Waals surface area contributed by atoms with Crippen LogP contribution in [0.2, 0.25) is 0 Å². The van der Waals surface area contributed by atoms with Crippen molar-refractivity contribution in [1.82, 2.24) is 19.5 Å². The van der Waals surface area contributed by atoms with Crippen LogP contribution in [0.15, 0.2) is 170 Å². The Labute approximate surface area is 290 Å². The monoisotopic (exact) mass is 640 g/mol. The molecule has 0 bridgehead atoms. The molecule has 4 nitrogen and oxygen atoms in total. The number of allylic oxidation sites excluding steroid dienone is 5. The smallest absolute Gasteiger partial charge is 0.164 e. The fourth-order valence-corrected chi connectivity index (χ4v) is 7.13. The summed E-state index contributed by atoms with van der Waals surface area (Å²) in [7, 11) is 0. The number of benzene rings is 7. The maximum absolute atomic E-state index is 5.08. The Balaban J connectivity index is 1.20. The third-order valence-corrected chi connectivity index (χ3v) is 9.58. The molecule has 0 aliphatic rings. The van der Waals surface area contributed by atoms with Crippen molar-refractivity contribution in [2.45, 2.75) is 6.92 Å². The molecule has 50 heavy (non-hydrogen) atoms. The van der Waals surface area contributed by atoms with Gasteiger partial charge in [0.25, 0.3) is 0 Å². The molecule has 0 unspecified atom stereocenters. The Hall–Kier alpha value is -6.65. The molecule has 9 aromatic rings. The highest BCUT2D eigenvalue weighted by molar-refractivity contribution is 6.17. The molecule has 236 valence electrons. The molecule has 4 heteroatoms. The molecule has 9 rings (SSSR count). The van der Waals surface area contributed by atoms with Gasteiger partial charge in [-0.2, -0.15) is 0 Å². The summed E-state index contributed by atoms with van der Waals surface area (Å²) in [5, 5.41) is 9.72. The average Bonchev–Trinajstić information content (AvgIpc) is 3.52. The highest BCUT2D eigenvalue weighted by atomic mass is 15.0. The van der Waals surface area contributed by atoms with Crippen molar-refractivity contribution in [1.29, 1.82) is 0 Å². The second kappa shape index (κ2) is 12.1. The number of para-hydroxylation sites is 2. The van der Waals surface area contributed by atoms with Crippen LogP contribution < -0.4 is 0 Å². The van der Waals surface area contributed by atoms with E-state index in [4.69, 9.17) is 15.0 Å². The molecule has 0 aliphatic heterocycles. The lowest BCUT2D eigenvalue weighted by Gasteiger charge is -2.11. The minimum atomic E-state index is 0.569. The van der Waals surface area contributed by atoms with Gasteiger partial charge in [-0.1, -0.05) is 140 Å². The lowest BCUT2D eigenvalue weighted by Crippen LogP contribution is -2.02. The largest absolute Gasteiger partial charge is 0.313 e. The van der Waals surface area contributed by atoms with Gasteiger partial charge >= 0.3 is 0 Å². The number of rotatable bonds is 6. The first-order valence-corrected chi connectivity index (χ1v) is 16.8. The number of hydrogen-bond donors (Lipinski definition) is 0. The summed E-state index contributed by atoms with van der Waals surface area (Å²) in [6.45, 7) is 6.31. The molecule has 0 N–H and O–H groups in total. The minimum Gasteiger partial charge on any atom is -0.313 e. The van der Waals surface area contributed by atoms with Crippen molar-refractivity contribution in [3.8, 4) is 22.8 Å². The van der Waals surface area contributed by atoms with Crippen LogP contribution >= 0.6 is 0 Å². The fourth-order valence-electron chi connectivity index (χ4n) is 7.13. The SMILES string of the molecule is C=C/C(=C\C=C(/C)n1c2ccccc2c2ccccc21)c1nc(-c2ccccc2)nc(-c2ccc3ccc4c5ccccc5ccc4c3c2)n1. The van der Waals surface area contributed by atoms with E-state index in [2.05, 4.69) is 145 Å². The summed E-state index contributed by atoms with van der Waals surface area (Å²) in [6, 6.07) is 51.0. The van der Waals surface area contributed by atoms with Gasteiger partial charge in [0.1, 0.15) is 0 Å². The lowest BCUT2D eigenvalue weighted by atomic mass is 9.96. The number of nitrogens with zero attached hydrogens (tertiary/aromatic N) is 4. The predicted octanol–water partition coefficient (Wildman–Crippen LogP) is 11.9. The van der Waals surface area contributed by atoms with E-state index in [0.29, 0.717) is 17.5 Å². The molecule has 0 amide bonds. The Bertz CT molecular complexity index is 2790. The number of hydrogen-bond acceptors (Lipinski definition) is 3. The minimum absolute atomic E-state index is 0.569. The van der Waals surface area contributed by atoms with Crippen molar-refractivity contribution in [3.63, 3.8) is 0 Å². The van der Waals surface area contributed by atoms with E-state index in [0.717, 1.165) is 27.8 Å². The number of fused-ring (bicyclic) bond motifs is 8. The van der Waals surface area contributed by atoms with Gasteiger partial charge in [-0.15, -0.1) is 0 Å². The summed E-state index contributed by atoms with van der Waals surface area (Å²) in [5.41, 5.74) is 6.08. The summed E-state index contributed by atoms with van der Waals surface area (Å²) in [4.78, 5) is 15.1. The van der Waals surface area contributed by atoms with E-state index in [1.165, 1.54) is 48.7 Å². The van der Waals surface area contributed by atoms with Crippen LogP contribution in [-0.4, -0.2) is 19.5 Å². The summed E-state index contributed by atoms with van der Waals surface area (Å²) in [5.74, 6) is 1.80. The Kier molecular flexibility index (Phi) is 7.14. The Morgan fingerprint density at radius 2 is 1.06 bits per heavy atom. The quantitative estimate of drug-likeness (QED) is 0.134. The molecular weight excluding hydrogens is 609 g/mol. The van der Waals surface area contributed by atoms with Gasteiger partial charge in [-0.25, -0.2) is 15.0 Å². The summed E-state index contributed by atoms with van der Waals surface area (Å²) >= 11 is 0. The fraction of sp³-hybridized carbons (Fsp3) is 0.0217. The maximum atomic E-state index is 5.08. The zero-order valence-corrected chi connectivity index (χ0v) is 27.6. The normalized spacial score (nSPS) is 12.4. The summed E-state index contributed by atoms with van der Waals surface area (Å²) < 4.78 is 2.30. The van der Waals surface area contributed by atoms with Crippen molar-refractivity contribution >= 4 is 65.4 Å². The second-order valence-electron chi connectivity index (χ2n) is 12.6. The first-order chi connectivity index (χ1) is 24.7. The van der Waals surface area contributed by atoms with Crippen molar-refractivity contribution in [2.24, 2.45) is 0 Å². The lowest BCUT2D eigenvalue weighted by molar-refractivity contribution is 1.04. The third kappa shape index (κ3) is 4.97. The third-order valence-electron chi connectivity index (χ3n) is 9.58. The van der Waals surface area contributed by atoms with Crippen LogP contribution in [0.25, 0.3) is 88.2 Å². The van der Waals surface area contributed by atoms with Gasteiger partial charge < -0.3 is 4.57 Å². The predicted molar refractivity (Wildman–Crippen MR) is 211 cm³/mol. The van der Waals surface area contributed by atoms with Gasteiger partial charge in [0, 0.05) is 33.2 Å². The van der Waals surface area contributed by atoms with Crippen LogP contribution in [-0.2, 0) is 0 Å². The van der Waals surface area contributed by atoms with E-state index < -0.39 is 0 Å². The second-order valence-corrected chi connectivity index (χ2v) is 12.6. The van der Waals surface area contributed by atoms with Crippen LogP contribution in [0.3, 0.4) is 0 Å². The molecule has 0 fully saturated rings. The molecule has 0 atom stereocenters. The maximum Gasteiger partial charge on any atom is 0.164 e. The molecule has 0 saturated carbocycles. The molecule has 2 heterocycles. The van der Waals surface area contributed by atoms with E-state index >= 15 is 0 Å². The van der Waals surface area contributed by atoms with Gasteiger partial charge in [-0.05, 0) is 69.6 Å². The number of aromatic nitrogens is 4.